The highest BCUT2D eigenvalue weighted by Gasteiger charge is 2.39. The van der Waals surface area contributed by atoms with Crippen molar-refractivity contribution >= 4 is 38.6 Å². The maximum absolute atomic E-state index is 12.4. The minimum Gasteiger partial charge on any atom is -0.392 e. The van der Waals surface area contributed by atoms with Gasteiger partial charge in [0.15, 0.2) is 0 Å². The van der Waals surface area contributed by atoms with E-state index in [2.05, 4.69) is 4.72 Å². The minimum absolute atomic E-state index is 0.254. The van der Waals surface area contributed by atoms with Crippen LogP contribution in [0.4, 0.5) is 0 Å². The molecule has 1 heterocycles. The third-order valence-corrected chi connectivity index (χ3v) is 6.91. The predicted octanol–water partition coefficient (Wildman–Crippen LogP) is 2.32. The number of hydrogen-bond donors (Lipinski definition) is 2. The summed E-state index contributed by atoms with van der Waals surface area (Å²) in [5.41, 5.74) is 5.05. The van der Waals surface area contributed by atoms with Crippen molar-refractivity contribution in [3.63, 3.8) is 0 Å². The third-order valence-electron chi connectivity index (χ3n) is 3.49. The summed E-state index contributed by atoms with van der Waals surface area (Å²) in [7, 11) is -3.54. The van der Waals surface area contributed by atoms with Crippen LogP contribution < -0.4 is 10.5 Å². The minimum atomic E-state index is -3.54. The van der Waals surface area contributed by atoms with Crippen molar-refractivity contribution in [1.29, 1.82) is 0 Å². The molecule has 0 radical (unpaired) electrons. The molecule has 7 heteroatoms. The summed E-state index contributed by atoms with van der Waals surface area (Å²) >= 11 is 6.36. The first-order valence-electron chi connectivity index (χ1n) is 6.26. The van der Waals surface area contributed by atoms with Crippen LogP contribution in [-0.2, 0) is 10.0 Å². The van der Waals surface area contributed by atoms with E-state index in [9.17, 15) is 8.42 Å². The van der Waals surface area contributed by atoms with Crippen LogP contribution in [0.2, 0.25) is 0 Å². The lowest BCUT2D eigenvalue weighted by Gasteiger charge is -2.36. The molecule has 1 saturated carbocycles. The van der Waals surface area contributed by atoms with E-state index in [4.69, 9.17) is 18.0 Å². The lowest BCUT2D eigenvalue weighted by atomic mass is 9.82. The van der Waals surface area contributed by atoms with E-state index < -0.39 is 15.6 Å². The Kier molecular flexibility index (Phi) is 4.29. The molecular formula is C12H18N2O2S3. The Morgan fingerprint density at radius 2 is 2.00 bits per heavy atom. The summed E-state index contributed by atoms with van der Waals surface area (Å²) in [5.74, 6) is 0. The van der Waals surface area contributed by atoms with Gasteiger partial charge in [0.05, 0.1) is 10.5 Å². The normalized spacial score (nSPS) is 19.2. The SMILES string of the molecule is Cc1ccc(S(=O)(=O)NC2(C(N)=S)CCCCC2)s1. The monoisotopic (exact) mass is 318 g/mol. The number of hydrogen-bond acceptors (Lipinski definition) is 4. The van der Waals surface area contributed by atoms with E-state index in [1.807, 2.05) is 6.92 Å². The maximum Gasteiger partial charge on any atom is 0.250 e. The summed E-state index contributed by atoms with van der Waals surface area (Å²) in [6, 6.07) is 3.42. The number of rotatable bonds is 4. The first-order valence-corrected chi connectivity index (χ1v) is 8.97. The molecule has 0 saturated heterocycles. The zero-order valence-electron chi connectivity index (χ0n) is 10.8. The van der Waals surface area contributed by atoms with Crippen LogP contribution in [0.15, 0.2) is 16.3 Å². The average molecular weight is 318 g/mol. The summed E-state index contributed by atoms with van der Waals surface area (Å²) < 4.78 is 27.9. The highest BCUT2D eigenvalue weighted by Crippen LogP contribution is 2.31. The van der Waals surface area contributed by atoms with Crippen molar-refractivity contribution in [3.8, 4) is 0 Å². The van der Waals surface area contributed by atoms with Gasteiger partial charge in [-0.1, -0.05) is 31.5 Å². The van der Waals surface area contributed by atoms with Gasteiger partial charge in [-0.3, -0.25) is 0 Å². The van der Waals surface area contributed by atoms with Crippen LogP contribution in [0.3, 0.4) is 0 Å². The Balaban J connectivity index is 2.29. The summed E-state index contributed by atoms with van der Waals surface area (Å²) in [6.07, 6.45) is 4.37. The molecule has 106 valence electrons. The van der Waals surface area contributed by atoms with Gasteiger partial charge in [0, 0.05) is 4.88 Å². The third kappa shape index (κ3) is 3.16. The molecule has 0 unspecified atom stereocenters. The van der Waals surface area contributed by atoms with E-state index in [0.29, 0.717) is 17.1 Å². The van der Waals surface area contributed by atoms with Crippen molar-refractivity contribution in [2.75, 3.05) is 0 Å². The second kappa shape index (κ2) is 5.47. The van der Waals surface area contributed by atoms with Gasteiger partial charge in [0.2, 0.25) is 0 Å². The Morgan fingerprint density at radius 3 is 2.47 bits per heavy atom. The molecule has 0 spiro atoms. The average Bonchev–Trinajstić information content (AvgIpc) is 2.77. The van der Waals surface area contributed by atoms with Crippen molar-refractivity contribution in [2.24, 2.45) is 5.73 Å². The van der Waals surface area contributed by atoms with Crippen LogP contribution in [-0.4, -0.2) is 18.9 Å². The molecule has 0 aromatic carbocycles. The molecule has 3 N–H and O–H groups in total. The fourth-order valence-corrected chi connectivity index (χ4v) is 5.46. The van der Waals surface area contributed by atoms with Gasteiger partial charge < -0.3 is 5.73 Å². The highest BCUT2D eigenvalue weighted by atomic mass is 32.2. The fourth-order valence-electron chi connectivity index (χ4n) is 2.42. The fraction of sp³-hybridized carbons (Fsp3) is 0.583. The van der Waals surface area contributed by atoms with Crippen LogP contribution in [0.5, 0.6) is 0 Å². The van der Waals surface area contributed by atoms with Crippen molar-refractivity contribution < 1.29 is 8.42 Å². The Bertz CT molecular complexity index is 572. The molecule has 0 amide bonds. The number of nitrogens with one attached hydrogen (secondary N) is 1. The summed E-state index contributed by atoms with van der Waals surface area (Å²) in [6.45, 7) is 1.88. The Hall–Kier alpha value is -0.500. The largest absolute Gasteiger partial charge is 0.392 e. The second-order valence-corrected chi connectivity index (χ2v) is 8.61. The van der Waals surface area contributed by atoms with E-state index in [0.717, 1.165) is 24.1 Å². The molecule has 19 heavy (non-hydrogen) atoms. The van der Waals surface area contributed by atoms with E-state index in [1.165, 1.54) is 11.3 Å². The number of sulfonamides is 1. The Labute approximate surface area is 123 Å². The molecule has 4 nitrogen and oxygen atoms in total. The van der Waals surface area contributed by atoms with Crippen LogP contribution >= 0.6 is 23.6 Å². The molecular weight excluding hydrogens is 300 g/mol. The smallest absolute Gasteiger partial charge is 0.250 e. The van der Waals surface area contributed by atoms with Crippen molar-refractivity contribution in [2.45, 2.75) is 48.8 Å². The molecule has 0 aliphatic heterocycles. The lowest BCUT2D eigenvalue weighted by Crippen LogP contribution is -2.57. The van der Waals surface area contributed by atoms with Gasteiger partial charge in [-0.15, -0.1) is 11.3 Å². The van der Waals surface area contributed by atoms with Gasteiger partial charge in [-0.25, -0.2) is 8.42 Å². The van der Waals surface area contributed by atoms with E-state index >= 15 is 0 Å². The van der Waals surface area contributed by atoms with Gasteiger partial charge in [0.25, 0.3) is 10.0 Å². The zero-order chi connectivity index (χ0) is 14.1. The van der Waals surface area contributed by atoms with Gasteiger partial charge in [0.1, 0.15) is 4.21 Å². The first-order chi connectivity index (χ1) is 8.86. The molecule has 1 aliphatic carbocycles. The molecule has 2 rings (SSSR count). The molecule has 1 aromatic heterocycles. The molecule has 1 aromatic rings. The maximum atomic E-state index is 12.4. The van der Waals surface area contributed by atoms with Gasteiger partial charge >= 0.3 is 0 Å². The molecule has 0 bridgehead atoms. The number of thiophene rings is 1. The van der Waals surface area contributed by atoms with Gasteiger partial charge in [-0.05, 0) is 31.9 Å². The lowest BCUT2D eigenvalue weighted by molar-refractivity contribution is 0.353. The molecule has 1 fully saturated rings. The van der Waals surface area contributed by atoms with Crippen molar-refractivity contribution in [1.82, 2.24) is 4.72 Å². The topological polar surface area (TPSA) is 72.2 Å². The van der Waals surface area contributed by atoms with Crippen LogP contribution in [0.25, 0.3) is 0 Å². The second-order valence-electron chi connectivity index (χ2n) is 4.98. The van der Waals surface area contributed by atoms with Crippen molar-refractivity contribution in [3.05, 3.63) is 17.0 Å². The summed E-state index contributed by atoms with van der Waals surface area (Å²) in [5, 5.41) is 0. The molecule has 1 aliphatic rings. The van der Waals surface area contributed by atoms with Crippen LogP contribution in [0, 0.1) is 6.92 Å². The number of nitrogens with two attached hydrogens (primary N) is 1. The van der Waals surface area contributed by atoms with Gasteiger partial charge in [-0.2, -0.15) is 4.72 Å². The number of thiocarbonyl (C=S) groups is 1. The van der Waals surface area contributed by atoms with E-state index in [1.54, 1.807) is 12.1 Å². The summed E-state index contributed by atoms with van der Waals surface area (Å²) in [4.78, 5) is 1.22. The van der Waals surface area contributed by atoms with E-state index in [-0.39, 0.29) is 4.99 Å². The quantitative estimate of drug-likeness (QED) is 0.836. The zero-order valence-corrected chi connectivity index (χ0v) is 13.3. The standard InChI is InChI=1S/C12H18N2O2S3/c1-9-5-6-10(18-9)19(15,16)14-12(11(13)17)7-3-2-4-8-12/h5-6,14H,2-4,7-8H2,1H3,(H2,13,17). The van der Waals surface area contributed by atoms with Crippen LogP contribution in [0.1, 0.15) is 37.0 Å². The number of aryl methyl sites for hydroxylation is 1. The Morgan fingerprint density at radius 1 is 1.37 bits per heavy atom. The molecule has 0 atom stereocenters. The first kappa shape index (κ1) is 14.9. The predicted molar refractivity (Wildman–Crippen MR) is 82.0 cm³/mol. The highest BCUT2D eigenvalue weighted by molar-refractivity contribution is 7.91.